The number of morpholine rings is 1. The van der Waals surface area contributed by atoms with E-state index in [0.29, 0.717) is 24.6 Å². The second-order valence-electron chi connectivity index (χ2n) is 6.59. The summed E-state index contributed by atoms with van der Waals surface area (Å²) < 4.78 is 32.5. The van der Waals surface area contributed by atoms with E-state index < -0.39 is 15.9 Å². The minimum Gasteiger partial charge on any atom is -0.379 e. The minimum atomic E-state index is -3.81. The van der Waals surface area contributed by atoms with Crippen LogP contribution in [0, 0.1) is 0 Å². The first-order valence-corrected chi connectivity index (χ1v) is 10.6. The van der Waals surface area contributed by atoms with Gasteiger partial charge in [-0.15, -0.1) is 0 Å². The Morgan fingerprint density at radius 2 is 1.66 bits per heavy atom. The summed E-state index contributed by atoms with van der Waals surface area (Å²) in [7, 11) is -2.15. The molecule has 29 heavy (non-hydrogen) atoms. The van der Waals surface area contributed by atoms with Gasteiger partial charge in [0.2, 0.25) is 15.9 Å². The molecular weight excluding hydrogens is 394 g/mol. The van der Waals surface area contributed by atoms with E-state index in [1.165, 1.54) is 28.3 Å². The lowest BCUT2D eigenvalue weighted by Gasteiger charge is -2.26. The van der Waals surface area contributed by atoms with E-state index in [1.54, 1.807) is 43.4 Å². The van der Waals surface area contributed by atoms with Gasteiger partial charge >= 0.3 is 0 Å². The lowest BCUT2D eigenvalue weighted by molar-refractivity contribution is -0.116. The van der Waals surface area contributed by atoms with Crippen molar-refractivity contribution >= 4 is 33.2 Å². The molecule has 1 saturated heterocycles. The van der Waals surface area contributed by atoms with Crippen molar-refractivity contribution in [2.75, 3.05) is 43.6 Å². The SMILES string of the molecule is CC(=O)N(C)c1ccc(NC(=O)c2ccccc2S(=O)(=O)N2CCOCC2)cc1. The summed E-state index contributed by atoms with van der Waals surface area (Å²) in [6.07, 6.45) is 0. The molecule has 0 radical (unpaired) electrons. The zero-order valence-electron chi connectivity index (χ0n) is 16.3. The van der Waals surface area contributed by atoms with Crippen molar-refractivity contribution in [3.8, 4) is 0 Å². The molecule has 1 aliphatic heterocycles. The standard InChI is InChI=1S/C20H23N3O5S/c1-15(24)22(2)17-9-7-16(8-10-17)21-20(25)18-5-3-4-6-19(18)29(26,27)23-11-13-28-14-12-23/h3-10H,11-14H2,1-2H3,(H,21,25). The molecule has 1 N–H and O–H groups in total. The Hall–Kier alpha value is -2.75. The predicted molar refractivity (Wildman–Crippen MR) is 109 cm³/mol. The summed E-state index contributed by atoms with van der Waals surface area (Å²) in [5, 5.41) is 2.72. The van der Waals surface area contributed by atoms with Crippen LogP contribution in [0.2, 0.25) is 0 Å². The van der Waals surface area contributed by atoms with Gasteiger partial charge < -0.3 is 15.0 Å². The third-order valence-corrected chi connectivity index (χ3v) is 6.66. The molecule has 154 valence electrons. The molecule has 1 aliphatic rings. The minimum absolute atomic E-state index is 0.0349. The van der Waals surface area contributed by atoms with Gasteiger partial charge in [-0.3, -0.25) is 9.59 Å². The smallest absolute Gasteiger partial charge is 0.257 e. The van der Waals surface area contributed by atoms with Crippen LogP contribution in [-0.4, -0.2) is 57.9 Å². The molecule has 0 unspecified atom stereocenters. The van der Waals surface area contributed by atoms with Crippen molar-refractivity contribution < 1.29 is 22.7 Å². The summed E-state index contributed by atoms with van der Waals surface area (Å²) in [5.41, 5.74) is 1.25. The number of benzene rings is 2. The van der Waals surface area contributed by atoms with E-state index in [0.717, 1.165) is 0 Å². The van der Waals surface area contributed by atoms with Gasteiger partial charge in [0.25, 0.3) is 5.91 Å². The van der Waals surface area contributed by atoms with Crippen molar-refractivity contribution in [3.63, 3.8) is 0 Å². The van der Waals surface area contributed by atoms with Crippen molar-refractivity contribution in [2.24, 2.45) is 0 Å². The Labute approximate surface area is 170 Å². The third-order valence-electron chi connectivity index (χ3n) is 4.70. The monoisotopic (exact) mass is 417 g/mol. The van der Waals surface area contributed by atoms with E-state index in [1.807, 2.05) is 0 Å². The van der Waals surface area contributed by atoms with Gasteiger partial charge in [0.15, 0.2) is 0 Å². The zero-order valence-corrected chi connectivity index (χ0v) is 17.1. The Kier molecular flexibility index (Phi) is 6.31. The number of sulfonamides is 1. The van der Waals surface area contributed by atoms with Gasteiger partial charge in [-0.05, 0) is 36.4 Å². The maximum absolute atomic E-state index is 13.0. The van der Waals surface area contributed by atoms with Gasteiger partial charge in [-0.2, -0.15) is 4.31 Å². The second kappa shape index (κ2) is 8.73. The number of nitrogens with zero attached hydrogens (tertiary/aromatic N) is 2. The fourth-order valence-corrected chi connectivity index (χ4v) is 4.55. The number of amides is 2. The van der Waals surface area contributed by atoms with Crippen LogP contribution in [-0.2, 0) is 19.6 Å². The topological polar surface area (TPSA) is 96.0 Å². The van der Waals surface area contributed by atoms with Gasteiger partial charge in [0.05, 0.1) is 23.7 Å². The van der Waals surface area contributed by atoms with Crippen molar-refractivity contribution in [1.82, 2.24) is 4.31 Å². The molecule has 8 nitrogen and oxygen atoms in total. The summed E-state index contributed by atoms with van der Waals surface area (Å²) in [5.74, 6) is -0.630. The molecule has 9 heteroatoms. The lowest BCUT2D eigenvalue weighted by Crippen LogP contribution is -2.41. The van der Waals surface area contributed by atoms with Gasteiger partial charge in [-0.25, -0.2) is 8.42 Å². The first-order valence-electron chi connectivity index (χ1n) is 9.13. The molecule has 2 aromatic rings. The first kappa shape index (κ1) is 21.0. The van der Waals surface area contributed by atoms with E-state index >= 15 is 0 Å². The highest BCUT2D eigenvalue weighted by molar-refractivity contribution is 7.89. The number of rotatable bonds is 5. The van der Waals surface area contributed by atoms with Crippen molar-refractivity contribution in [2.45, 2.75) is 11.8 Å². The van der Waals surface area contributed by atoms with Crippen molar-refractivity contribution in [1.29, 1.82) is 0 Å². The van der Waals surface area contributed by atoms with Gasteiger partial charge in [0, 0.05) is 38.4 Å². The highest BCUT2D eigenvalue weighted by Gasteiger charge is 2.30. The normalized spacial score (nSPS) is 15.0. The highest BCUT2D eigenvalue weighted by Crippen LogP contribution is 2.23. The number of hydrogen-bond donors (Lipinski definition) is 1. The molecule has 0 bridgehead atoms. The van der Waals surface area contributed by atoms with Crippen LogP contribution in [0.25, 0.3) is 0 Å². The molecular formula is C20H23N3O5S. The Morgan fingerprint density at radius 1 is 1.03 bits per heavy atom. The molecule has 1 heterocycles. The third kappa shape index (κ3) is 4.64. The number of ether oxygens (including phenoxy) is 1. The summed E-state index contributed by atoms with van der Waals surface area (Å²) >= 11 is 0. The number of anilines is 2. The summed E-state index contributed by atoms with van der Waals surface area (Å²) in [6, 6.07) is 12.9. The average molecular weight is 417 g/mol. The summed E-state index contributed by atoms with van der Waals surface area (Å²) in [4.78, 5) is 25.7. The first-order chi connectivity index (χ1) is 13.8. The molecule has 1 fully saturated rings. The molecule has 2 amide bonds. The van der Waals surface area contributed by atoms with E-state index in [2.05, 4.69) is 5.32 Å². The second-order valence-corrected chi connectivity index (χ2v) is 8.50. The van der Waals surface area contributed by atoms with Crippen LogP contribution in [0.5, 0.6) is 0 Å². The van der Waals surface area contributed by atoms with Crippen LogP contribution >= 0.6 is 0 Å². The van der Waals surface area contributed by atoms with Gasteiger partial charge in [0.1, 0.15) is 0 Å². The maximum Gasteiger partial charge on any atom is 0.257 e. The summed E-state index contributed by atoms with van der Waals surface area (Å²) in [6.45, 7) is 2.62. The van der Waals surface area contributed by atoms with Crippen LogP contribution in [0.4, 0.5) is 11.4 Å². The number of nitrogens with one attached hydrogen (secondary N) is 1. The number of hydrogen-bond acceptors (Lipinski definition) is 5. The fraction of sp³-hybridized carbons (Fsp3) is 0.300. The highest BCUT2D eigenvalue weighted by atomic mass is 32.2. The Balaban J connectivity index is 1.82. The molecule has 2 aromatic carbocycles. The van der Waals surface area contributed by atoms with Crippen LogP contribution in [0.1, 0.15) is 17.3 Å². The molecule has 3 rings (SSSR count). The van der Waals surface area contributed by atoms with Gasteiger partial charge in [-0.1, -0.05) is 12.1 Å². The molecule has 0 aliphatic carbocycles. The Morgan fingerprint density at radius 3 is 2.28 bits per heavy atom. The average Bonchev–Trinajstić information content (AvgIpc) is 2.74. The van der Waals surface area contributed by atoms with Crippen LogP contribution in [0.3, 0.4) is 0 Å². The van der Waals surface area contributed by atoms with E-state index in [4.69, 9.17) is 4.74 Å². The predicted octanol–water partition coefficient (Wildman–Crippen LogP) is 1.94. The Bertz CT molecular complexity index is 999. The fourth-order valence-electron chi connectivity index (χ4n) is 2.95. The quantitative estimate of drug-likeness (QED) is 0.802. The molecule has 0 atom stereocenters. The zero-order chi connectivity index (χ0) is 21.0. The van der Waals surface area contributed by atoms with Crippen LogP contribution in [0.15, 0.2) is 53.4 Å². The van der Waals surface area contributed by atoms with Crippen molar-refractivity contribution in [3.05, 3.63) is 54.1 Å². The largest absolute Gasteiger partial charge is 0.379 e. The number of carbonyl (C=O) groups excluding carboxylic acids is 2. The number of carbonyl (C=O) groups is 2. The lowest BCUT2D eigenvalue weighted by atomic mass is 10.2. The maximum atomic E-state index is 13.0. The molecule has 0 spiro atoms. The molecule has 0 saturated carbocycles. The van der Waals surface area contributed by atoms with Crippen LogP contribution < -0.4 is 10.2 Å². The molecule has 0 aromatic heterocycles. The van der Waals surface area contributed by atoms with E-state index in [-0.39, 0.29) is 29.5 Å². The van der Waals surface area contributed by atoms with E-state index in [9.17, 15) is 18.0 Å².